The maximum Gasteiger partial charge on any atom is 0.201 e. The van der Waals surface area contributed by atoms with Crippen LogP contribution in [0.2, 0.25) is 0 Å². The third kappa shape index (κ3) is 1.39. The van der Waals surface area contributed by atoms with Crippen LogP contribution in [0.5, 0.6) is 0 Å². The Morgan fingerprint density at radius 1 is 1.50 bits per heavy atom. The van der Waals surface area contributed by atoms with Gasteiger partial charge in [0.15, 0.2) is 0 Å². The predicted octanol–water partition coefficient (Wildman–Crippen LogP) is 1.83. The lowest BCUT2D eigenvalue weighted by molar-refractivity contribution is 0.907. The minimum absolute atomic E-state index is 0.482. The fourth-order valence-corrected chi connectivity index (χ4v) is 1.68. The van der Waals surface area contributed by atoms with Gasteiger partial charge in [0.2, 0.25) is 5.95 Å². The number of anilines is 1. The van der Waals surface area contributed by atoms with Gasteiger partial charge in [-0.05, 0) is 28.1 Å². The summed E-state index contributed by atoms with van der Waals surface area (Å²) in [5, 5.41) is 0. The molecule has 0 aliphatic heterocycles. The monoisotopic (exact) mass is 252 g/mol. The molecule has 2 heterocycles. The molecule has 14 heavy (non-hydrogen) atoms. The fraction of sp³-hybridized carbons (Fsp3) is 0.111. The molecule has 0 saturated carbocycles. The Morgan fingerprint density at radius 3 is 2.79 bits per heavy atom. The average Bonchev–Trinajstić information content (AvgIpc) is 2.47. The summed E-state index contributed by atoms with van der Waals surface area (Å²) < 4.78 is 2.64. The number of nitrogens with two attached hydrogens (primary N) is 1. The molecule has 2 N–H and O–H groups in total. The topological polar surface area (TPSA) is 56.7 Å². The maximum absolute atomic E-state index is 5.68. The Bertz CT molecular complexity index is 449. The molecule has 5 heteroatoms. The van der Waals surface area contributed by atoms with Crippen molar-refractivity contribution in [3.63, 3.8) is 0 Å². The van der Waals surface area contributed by atoms with E-state index in [2.05, 4.69) is 25.9 Å². The third-order valence-electron chi connectivity index (χ3n) is 1.99. The van der Waals surface area contributed by atoms with Crippen molar-refractivity contribution in [3.8, 4) is 11.3 Å². The van der Waals surface area contributed by atoms with E-state index in [0.29, 0.717) is 5.95 Å². The van der Waals surface area contributed by atoms with Gasteiger partial charge in [0.25, 0.3) is 0 Å². The highest BCUT2D eigenvalue weighted by Gasteiger charge is 2.11. The van der Waals surface area contributed by atoms with E-state index < -0.39 is 0 Å². The van der Waals surface area contributed by atoms with Crippen molar-refractivity contribution in [1.29, 1.82) is 0 Å². The SMILES string of the molecule is Cn1c(N)nc(-c2cccnc2)c1Br. The minimum Gasteiger partial charge on any atom is -0.369 e. The van der Waals surface area contributed by atoms with Gasteiger partial charge in [-0.3, -0.25) is 4.98 Å². The number of nitrogens with zero attached hydrogens (tertiary/aromatic N) is 3. The third-order valence-corrected chi connectivity index (χ3v) is 2.90. The van der Waals surface area contributed by atoms with E-state index in [-0.39, 0.29) is 0 Å². The van der Waals surface area contributed by atoms with Gasteiger partial charge in [0.1, 0.15) is 10.3 Å². The highest BCUT2D eigenvalue weighted by Crippen LogP contribution is 2.27. The number of imidazole rings is 1. The largest absolute Gasteiger partial charge is 0.369 e. The summed E-state index contributed by atoms with van der Waals surface area (Å²) in [5.74, 6) is 0.482. The number of hydrogen-bond donors (Lipinski definition) is 1. The van der Waals surface area contributed by atoms with Crippen molar-refractivity contribution in [1.82, 2.24) is 14.5 Å². The van der Waals surface area contributed by atoms with Gasteiger partial charge in [-0.25, -0.2) is 4.98 Å². The Labute approximate surface area is 89.9 Å². The van der Waals surface area contributed by atoms with Crippen LogP contribution >= 0.6 is 15.9 Å². The molecule has 72 valence electrons. The van der Waals surface area contributed by atoms with Gasteiger partial charge in [-0.15, -0.1) is 0 Å². The number of halogens is 1. The molecule has 2 aromatic rings. The van der Waals surface area contributed by atoms with Gasteiger partial charge >= 0.3 is 0 Å². The first-order chi connectivity index (χ1) is 6.70. The van der Waals surface area contributed by atoms with E-state index in [0.717, 1.165) is 15.9 Å². The van der Waals surface area contributed by atoms with Gasteiger partial charge in [0.05, 0.1) is 0 Å². The first kappa shape index (κ1) is 9.21. The van der Waals surface area contributed by atoms with Crippen LogP contribution in [0.4, 0.5) is 5.95 Å². The van der Waals surface area contributed by atoms with Crippen LogP contribution in [0.1, 0.15) is 0 Å². The lowest BCUT2D eigenvalue weighted by atomic mass is 10.2. The zero-order chi connectivity index (χ0) is 10.1. The van der Waals surface area contributed by atoms with E-state index in [1.807, 2.05) is 19.2 Å². The second-order valence-electron chi connectivity index (χ2n) is 2.91. The molecule has 0 atom stereocenters. The van der Waals surface area contributed by atoms with E-state index in [1.54, 1.807) is 17.0 Å². The van der Waals surface area contributed by atoms with Gasteiger partial charge < -0.3 is 10.3 Å². The molecule has 0 fully saturated rings. The number of nitrogen functional groups attached to an aromatic ring is 1. The molecule has 0 spiro atoms. The van der Waals surface area contributed by atoms with E-state index in [9.17, 15) is 0 Å². The van der Waals surface area contributed by atoms with E-state index >= 15 is 0 Å². The second-order valence-corrected chi connectivity index (χ2v) is 3.66. The number of aromatic nitrogens is 3. The lowest BCUT2D eigenvalue weighted by Crippen LogP contribution is -1.96. The van der Waals surface area contributed by atoms with Crippen molar-refractivity contribution in [2.24, 2.45) is 7.05 Å². The number of pyridine rings is 1. The second kappa shape index (κ2) is 3.42. The highest BCUT2D eigenvalue weighted by atomic mass is 79.9. The Kier molecular flexibility index (Phi) is 2.25. The van der Waals surface area contributed by atoms with Crippen molar-refractivity contribution >= 4 is 21.9 Å². The molecule has 0 aromatic carbocycles. The van der Waals surface area contributed by atoms with Crippen LogP contribution in [0.3, 0.4) is 0 Å². The molecule has 4 nitrogen and oxygen atoms in total. The Balaban J connectivity index is 2.58. The van der Waals surface area contributed by atoms with Gasteiger partial charge in [0, 0.05) is 25.0 Å². The first-order valence-corrected chi connectivity index (χ1v) is 4.87. The number of rotatable bonds is 1. The van der Waals surface area contributed by atoms with Gasteiger partial charge in [-0.2, -0.15) is 0 Å². The molecule has 0 aliphatic carbocycles. The summed E-state index contributed by atoms with van der Waals surface area (Å²) in [7, 11) is 1.85. The molecule has 2 rings (SSSR count). The summed E-state index contributed by atoms with van der Waals surface area (Å²) in [6.07, 6.45) is 3.48. The summed E-state index contributed by atoms with van der Waals surface area (Å²) in [6, 6.07) is 3.81. The molecule has 2 aromatic heterocycles. The van der Waals surface area contributed by atoms with E-state index in [4.69, 9.17) is 5.73 Å². The average molecular weight is 253 g/mol. The predicted molar refractivity (Wildman–Crippen MR) is 58.6 cm³/mol. The van der Waals surface area contributed by atoms with Crippen molar-refractivity contribution in [2.75, 3.05) is 5.73 Å². The van der Waals surface area contributed by atoms with Crippen LogP contribution in [-0.2, 0) is 7.05 Å². The molecule has 0 amide bonds. The molecule has 0 radical (unpaired) electrons. The zero-order valence-corrected chi connectivity index (χ0v) is 9.19. The minimum atomic E-state index is 0.482. The maximum atomic E-state index is 5.68. The van der Waals surface area contributed by atoms with Crippen molar-refractivity contribution < 1.29 is 0 Å². The van der Waals surface area contributed by atoms with Crippen LogP contribution in [0.25, 0.3) is 11.3 Å². The lowest BCUT2D eigenvalue weighted by Gasteiger charge is -1.97. The van der Waals surface area contributed by atoms with Crippen LogP contribution in [-0.4, -0.2) is 14.5 Å². The van der Waals surface area contributed by atoms with Crippen LogP contribution in [0.15, 0.2) is 29.1 Å². The summed E-state index contributed by atoms with van der Waals surface area (Å²) >= 11 is 3.43. The first-order valence-electron chi connectivity index (χ1n) is 4.08. The van der Waals surface area contributed by atoms with Gasteiger partial charge in [-0.1, -0.05) is 0 Å². The summed E-state index contributed by atoms with van der Waals surface area (Å²) in [5.41, 5.74) is 7.45. The molecule has 0 bridgehead atoms. The number of hydrogen-bond acceptors (Lipinski definition) is 3. The van der Waals surface area contributed by atoms with Crippen molar-refractivity contribution in [3.05, 3.63) is 29.1 Å². The molecule has 0 aliphatic rings. The Morgan fingerprint density at radius 2 is 2.29 bits per heavy atom. The van der Waals surface area contributed by atoms with E-state index in [1.165, 1.54) is 0 Å². The standard InChI is InChI=1S/C9H9BrN4/c1-14-8(10)7(13-9(14)11)6-3-2-4-12-5-6/h2-5H,1H3,(H2,11,13). The smallest absolute Gasteiger partial charge is 0.201 e. The van der Waals surface area contributed by atoms with Crippen LogP contribution < -0.4 is 5.73 Å². The molecule has 0 unspecified atom stereocenters. The van der Waals surface area contributed by atoms with Crippen LogP contribution in [0, 0.1) is 0 Å². The fourth-order valence-electron chi connectivity index (χ4n) is 1.18. The summed E-state index contributed by atoms with van der Waals surface area (Å²) in [4.78, 5) is 8.26. The molecular weight excluding hydrogens is 244 g/mol. The molecule has 0 saturated heterocycles. The summed E-state index contributed by atoms with van der Waals surface area (Å²) in [6.45, 7) is 0. The van der Waals surface area contributed by atoms with Crippen molar-refractivity contribution in [2.45, 2.75) is 0 Å². The Hall–Kier alpha value is -1.36. The zero-order valence-electron chi connectivity index (χ0n) is 7.61. The highest BCUT2D eigenvalue weighted by molar-refractivity contribution is 9.10. The normalized spacial score (nSPS) is 10.4. The quantitative estimate of drug-likeness (QED) is 0.843. The molecular formula is C9H9BrN4.